The van der Waals surface area contributed by atoms with E-state index in [1.165, 1.54) is 0 Å². The average Bonchev–Trinajstić information content (AvgIpc) is 0. The van der Waals surface area contributed by atoms with Gasteiger partial charge in [0.1, 0.15) is 0 Å². The van der Waals surface area contributed by atoms with Crippen molar-refractivity contribution in [2.24, 2.45) is 0 Å². The van der Waals surface area contributed by atoms with Crippen LogP contribution in [0.3, 0.4) is 0 Å². The Morgan fingerprint density at radius 3 is 0.750 bits per heavy atom. The van der Waals surface area contributed by atoms with Crippen LogP contribution in [0, 0.1) is 7.43 Å². The molecule has 0 bridgehead atoms. The summed E-state index contributed by atoms with van der Waals surface area (Å²) in [6, 6.07) is 0. The third-order valence-corrected chi connectivity index (χ3v) is 0. The average molecular weight is 420 g/mol. The molecule has 0 aromatic carbocycles. The summed E-state index contributed by atoms with van der Waals surface area (Å²) in [5.74, 6) is 0. The van der Waals surface area contributed by atoms with Crippen molar-refractivity contribution in [2.75, 3.05) is 0 Å². The van der Waals surface area contributed by atoms with Gasteiger partial charge in [-0.1, -0.05) is 0 Å². The topological polar surface area (TPSA) is 33.5 Å². The first-order valence-corrected chi connectivity index (χ1v) is 0. The summed E-state index contributed by atoms with van der Waals surface area (Å²) in [4.78, 5) is 0. The maximum absolute atomic E-state index is 0. The smallest absolute Gasteiger partial charge is 1.00 e. The molecule has 0 rings (SSSR count). The van der Waals surface area contributed by atoms with Crippen molar-refractivity contribution < 1.29 is 80.0 Å². The molecule has 0 aliphatic carbocycles. The summed E-state index contributed by atoms with van der Waals surface area (Å²) in [5.41, 5.74) is 0. The fourth-order valence-electron chi connectivity index (χ4n) is 0. The van der Waals surface area contributed by atoms with E-state index in [0.717, 1.165) is 0 Å². The van der Waals surface area contributed by atoms with Crippen LogP contribution in [-0.2, 0) is 25.8 Å². The van der Waals surface area contributed by atoms with Crippen LogP contribution in [0.4, 0.5) is 0 Å². The zero-order valence-corrected chi connectivity index (χ0v) is 13.2. The molecule has 0 aliphatic rings. The molecule has 0 amide bonds. The minimum atomic E-state index is 0. The summed E-state index contributed by atoms with van der Waals surface area (Å²) in [7, 11) is 0. The maximum atomic E-state index is 0. The van der Waals surface area contributed by atoms with Crippen LogP contribution in [0.2, 0.25) is 0 Å². The van der Waals surface area contributed by atoms with Crippen LogP contribution in [0.15, 0.2) is 0 Å². The second-order valence-electron chi connectivity index (χ2n) is 0. The van der Waals surface area contributed by atoms with Crippen molar-refractivity contribution >= 4 is 23.1 Å². The molecule has 0 aliphatic heterocycles. The van der Waals surface area contributed by atoms with E-state index in [1.807, 2.05) is 0 Å². The van der Waals surface area contributed by atoms with Crippen LogP contribution in [0.5, 0.6) is 0 Å². The maximum Gasteiger partial charge on any atom is 4.00 e. The molecule has 0 fully saturated rings. The van der Waals surface area contributed by atoms with E-state index in [1.54, 1.807) is 0 Å². The Balaban J connectivity index is 0. The van der Waals surface area contributed by atoms with E-state index in [2.05, 4.69) is 0 Å². The van der Waals surface area contributed by atoms with E-state index >= 15 is 0 Å². The number of hydrogen-bond acceptors (Lipinski definition) is 0. The van der Waals surface area contributed by atoms with Gasteiger partial charge in [0.15, 0.2) is 0 Å². The fourth-order valence-corrected chi connectivity index (χ4v) is 0. The standard InChI is InChI=1S/CH3.BrH.3ClH.Hf.Mg.H2N/h1H3;4*1H;;;1H2/q-1;;;;;+4;+2;-1/p-4. The first-order valence-electron chi connectivity index (χ1n) is 0. The monoisotopic (exact) mass is 419 g/mol. The molecule has 0 atom stereocenters. The van der Waals surface area contributed by atoms with E-state index in [-0.39, 0.29) is 117 Å². The molecule has 1 nitrogen and oxygen atoms in total. The summed E-state index contributed by atoms with van der Waals surface area (Å²) in [5, 5.41) is 0. The molecular formula is CH5BrCl3HfMgN. The van der Waals surface area contributed by atoms with Crippen LogP contribution in [0.1, 0.15) is 0 Å². The number of hydrogen-bond donors (Lipinski definition) is 0. The fraction of sp³-hybridized carbons (Fsp3) is 0. The van der Waals surface area contributed by atoms with Gasteiger partial charge in [-0.15, -0.1) is 0 Å². The van der Waals surface area contributed by atoms with Gasteiger partial charge >= 0.3 is 48.9 Å². The molecular weight excluding hydrogens is 415 g/mol. The molecule has 0 saturated carbocycles. The molecule has 0 radical (unpaired) electrons. The Morgan fingerprint density at radius 2 is 0.750 bits per heavy atom. The Morgan fingerprint density at radius 1 is 0.750 bits per heavy atom. The van der Waals surface area contributed by atoms with E-state index in [9.17, 15) is 0 Å². The minimum absolute atomic E-state index is 0. The second kappa shape index (κ2) is 91.7. The zero-order chi connectivity index (χ0) is 0. The van der Waals surface area contributed by atoms with Crippen molar-refractivity contribution in [3.63, 3.8) is 0 Å². The quantitative estimate of drug-likeness (QED) is 0.276. The van der Waals surface area contributed by atoms with Gasteiger partial charge in [0, 0.05) is 0 Å². The van der Waals surface area contributed by atoms with Gasteiger partial charge in [0.25, 0.3) is 0 Å². The van der Waals surface area contributed by atoms with Gasteiger partial charge in [0.05, 0.1) is 0 Å². The van der Waals surface area contributed by atoms with E-state index < -0.39 is 0 Å². The van der Waals surface area contributed by atoms with Crippen molar-refractivity contribution in [1.29, 1.82) is 0 Å². The first-order chi connectivity index (χ1) is 0. The molecule has 7 heteroatoms. The van der Waals surface area contributed by atoms with Gasteiger partial charge in [-0.25, -0.2) is 0 Å². The van der Waals surface area contributed by atoms with Crippen LogP contribution >= 0.6 is 0 Å². The second-order valence-corrected chi connectivity index (χ2v) is 0. The molecule has 0 unspecified atom stereocenters. The number of rotatable bonds is 0. The summed E-state index contributed by atoms with van der Waals surface area (Å²) >= 11 is 0. The predicted molar refractivity (Wildman–Crippen MR) is 17.5 cm³/mol. The van der Waals surface area contributed by atoms with Gasteiger partial charge in [-0.3, -0.25) is 0 Å². The molecule has 0 saturated heterocycles. The molecule has 0 spiro atoms. The van der Waals surface area contributed by atoms with Crippen LogP contribution < -0.4 is 54.2 Å². The van der Waals surface area contributed by atoms with Crippen LogP contribution in [0.25, 0.3) is 6.15 Å². The zero-order valence-electron chi connectivity index (χ0n) is 4.30. The molecule has 0 heterocycles. The molecule has 48 valence electrons. The number of halogens is 4. The summed E-state index contributed by atoms with van der Waals surface area (Å²) in [6.07, 6.45) is 0. The first kappa shape index (κ1) is 125. The van der Waals surface area contributed by atoms with Gasteiger partial charge in [0.2, 0.25) is 0 Å². The van der Waals surface area contributed by atoms with Crippen molar-refractivity contribution in [2.45, 2.75) is 0 Å². The minimum Gasteiger partial charge on any atom is -1.00 e. The van der Waals surface area contributed by atoms with Crippen LogP contribution in [-0.4, -0.2) is 23.1 Å². The third kappa shape index (κ3) is 65.1. The van der Waals surface area contributed by atoms with Crippen molar-refractivity contribution in [1.82, 2.24) is 0 Å². The molecule has 2 N–H and O–H groups in total. The van der Waals surface area contributed by atoms with Gasteiger partial charge in [-0.2, -0.15) is 0 Å². The Hall–Kier alpha value is 2.95. The van der Waals surface area contributed by atoms with Crippen molar-refractivity contribution in [3.8, 4) is 0 Å². The normalized spacial score (nSPS) is 0. The number of nitrogens with two attached hydrogens (primary N) is 1. The summed E-state index contributed by atoms with van der Waals surface area (Å²) < 4.78 is 0. The predicted octanol–water partition coefficient (Wildman–Crippen LogP) is -11.2. The third-order valence-electron chi connectivity index (χ3n) is 0. The van der Waals surface area contributed by atoms with E-state index in [4.69, 9.17) is 0 Å². The SMILES string of the molecule is [Br-].[CH3-].[Cl-].[Cl-].[Cl-].[Hf+4].[Mg+2].[NH2-]. The largest absolute Gasteiger partial charge is 4.00 e. The Bertz CT molecular complexity index is 19.2. The molecule has 0 aromatic rings. The Labute approximate surface area is 115 Å². The van der Waals surface area contributed by atoms with Gasteiger partial charge in [-0.05, 0) is 0 Å². The molecule has 0 aromatic heterocycles. The van der Waals surface area contributed by atoms with E-state index in [0.29, 0.717) is 0 Å². The summed E-state index contributed by atoms with van der Waals surface area (Å²) in [6.45, 7) is 0. The van der Waals surface area contributed by atoms with Gasteiger partial charge < -0.3 is 67.8 Å². The Kier molecular flexibility index (Phi) is 1430. The van der Waals surface area contributed by atoms with Crippen molar-refractivity contribution in [3.05, 3.63) is 13.6 Å². The molecule has 8 heavy (non-hydrogen) atoms.